The summed E-state index contributed by atoms with van der Waals surface area (Å²) in [6.07, 6.45) is -0.0474. The van der Waals surface area contributed by atoms with Crippen LogP contribution in [0, 0.1) is 5.92 Å². The number of methoxy groups -OCH3 is 2. The van der Waals surface area contributed by atoms with E-state index < -0.39 is 36.3 Å². The van der Waals surface area contributed by atoms with Crippen LogP contribution in [-0.4, -0.2) is 57.1 Å². The highest BCUT2D eigenvalue weighted by Crippen LogP contribution is 2.26. The van der Waals surface area contributed by atoms with Crippen LogP contribution in [0.4, 0.5) is 11.4 Å². The Balaban J connectivity index is 1.50. The zero-order valence-corrected chi connectivity index (χ0v) is 18.0. The largest absolute Gasteiger partial charge is 0.465 e. The fraction of sp³-hybridized carbons (Fsp3) is 0.261. The predicted molar refractivity (Wildman–Crippen MR) is 116 cm³/mol. The van der Waals surface area contributed by atoms with E-state index in [4.69, 9.17) is 4.74 Å². The molecule has 1 heterocycles. The monoisotopic (exact) mass is 454 g/mol. The second kappa shape index (κ2) is 10.4. The summed E-state index contributed by atoms with van der Waals surface area (Å²) in [5, 5.41) is 2.55. The Morgan fingerprint density at radius 3 is 2.00 bits per heavy atom. The van der Waals surface area contributed by atoms with E-state index in [2.05, 4.69) is 14.8 Å². The molecule has 172 valence electrons. The van der Waals surface area contributed by atoms with Crippen LogP contribution in [0.15, 0.2) is 48.5 Å². The highest BCUT2D eigenvalue weighted by molar-refractivity contribution is 6.00. The minimum atomic E-state index is -0.718. The van der Waals surface area contributed by atoms with Crippen LogP contribution in [0.5, 0.6) is 0 Å². The maximum atomic E-state index is 12.4. The molecule has 1 N–H and O–H groups in total. The van der Waals surface area contributed by atoms with Gasteiger partial charge in [0.25, 0.3) is 5.91 Å². The Morgan fingerprint density at radius 2 is 1.45 bits per heavy atom. The van der Waals surface area contributed by atoms with Crippen LogP contribution < -0.4 is 10.2 Å². The van der Waals surface area contributed by atoms with Crippen LogP contribution in [0.2, 0.25) is 0 Å². The smallest absolute Gasteiger partial charge is 0.337 e. The second-order valence-corrected chi connectivity index (χ2v) is 7.17. The lowest BCUT2D eigenvalue weighted by Gasteiger charge is -2.16. The average Bonchev–Trinajstić information content (AvgIpc) is 3.23. The fourth-order valence-corrected chi connectivity index (χ4v) is 3.27. The van der Waals surface area contributed by atoms with Gasteiger partial charge in [0.15, 0.2) is 6.61 Å². The molecule has 2 amide bonds. The number of nitrogens with zero attached hydrogens (tertiary/aromatic N) is 1. The number of amides is 2. The van der Waals surface area contributed by atoms with Crippen LogP contribution >= 0.6 is 0 Å². The van der Waals surface area contributed by atoms with Crippen LogP contribution in [0.25, 0.3) is 0 Å². The maximum Gasteiger partial charge on any atom is 0.337 e. The predicted octanol–water partition coefficient (Wildman–Crippen LogP) is 1.79. The van der Waals surface area contributed by atoms with Crippen molar-refractivity contribution in [2.75, 3.05) is 37.6 Å². The normalized spacial score (nSPS) is 15.0. The topological polar surface area (TPSA) is 128 Å². The van der Waals surface area contributed by atoms with E-state index in [1.807, 2.05) is 0 Å². The number of hydrogen-bond acceptors (Lipinski definition) is 8. The number of benzene rings is 2. The summed E-state index contributed by atoms with van der Waals surface area (Å²) >= 11 is 0. The number of anilines is 2. The maximum absolute atomic E-state index is 12.4. The van der Waals surface area contributed by atoms with Gasteiger partial charge in [0, 0.05) is 24.3 Å². The number of nitrogens with one attached hydrogen (secondary N) is 1. The van der Waals surface area contributed by atoms with Crippen LogP contribution in [-0.2, 0) is 28.6 Å². The average molecular weight is 454 g/mol. The highest BCUT2D eigenvalue weighted by Gasteiger charge is 2.36. The summed E-state index contributed by atoms with van der Waals surface area (Å²) in [5.41, 5.74) is 1.63. The third-order valence-corrected chi connectivity index (χ3v) is 4.99. The molecular formula is C23H22N2O8. The van der Waals surface area contributed by atoms with Gasteiger partial charge in [0.2, 0.25) is 5.91 Å². The van der Waals surface area contributed by atoms with Crippen molar-refractivity contribution in [1.82, 2.24) is 0 Å². The number of carbonyl (C=O) groups is 5. The molecule has 0 unspecified atom stereocenters. The van der Waals surface area contributed by atoms with E-state index in [0.717, 1.165) is 0 Å². The van der Waals surface area contributed by atoms with Crippen molar-refractivity contribution in [2.24, 2.45) is 5.92 Å². The first-order chi connectivity index (χ1) is 15.8. The molecular weight excluding hydrogens is 432 g/mol. The molecule has 2 aromatic carbocycles. The Bertz CT molecular complexity index is 1060. The van der Waals surface area contributed by atoms with Gasteiger partial charge in [-0.25, -0.2) is 9.59 Å². The van der Waals surface area contributed by atoms with Gasteiger partial charge in [-0.3, -0.25) is 14.4 Å². The first-order valence-electron chi connectivity index (χ1n) is 9.96. The molecule has 3 rings (SSSR count). The van der Waals surface area contributed by atoms with Crippen molar-refractivity contribution in [1.29, 1.82) is 0 Å². The summed E-state index contributed by atoms with van der Waals surface area (Å²) in [7, 11) is 2.54. The molecule has 2 aromatic rings. The van der Waals surface area contributed by atoms with Crippen molar-refractivity contribution < 1.29 is 38.2 Å². The van der Waals surface area contributed by atoms with Gasteiger partial charge >= 0.3 is 17.9 Å². The molecule has 1 aliphatic rings. The molecule has 10 heteroatoms. The second-order valence-electron chi connectivity index (χ2n) is 7.17. The van der Waals surface area contributed by atoms with Crippen molar-refractivity contribution in [3.8, 4) is 0 Å². The molecule has 0 bridgehead atoms. The third kappa shape index (κ3) is 5.73. The molecule has 1 atom stereocenters. The molecule has 0 aliphatic carbocycles. The lowest BCUT2D eigenvalue weighted by molar-refractivity contribution is -0.151. The first kappa shape index (κ1) is 23.5. The number of hydrogen-bond donors (Lipinski definition) is 1. The summed E-state index contributed by atoms with van der Waals surface area (Å²) in [6.45, 7) is -0.415. The number of rotatable bonds is 7. The molecule has 1 aliphatic heterocycles. The molecule has 0 saturated carbocycles. The highest BCUT2D eigenvalue weighted by atomic mass is 16.5. The van der Waals surface area contributed by atoms with Crippen molar-refractivity contribution in [3.63, 3.8) is 0 Å². The van der Waals surface area contributed by atoms with Crippen molar-refractivity contribution in [2.45, 2.75) is 6.42 Å². The molecule has 0 spiro atoms. The van der Waals surface area contributed by atoms with E-state index >= 15 is 0 Å². The number of ether oxygens (including phenoxy) is 3. The van der Waals surface area contributed by atoms with Gasteiger partial charge in [0.1, 0.15) is 0 Å². The first-order valence-corrected chi connectivity index (χ1v) is 9.96. The number of carbonyl (C=O) groups excluding carboxylic acids is 5. The van der Waals surface area contributed by atoms with Gasteiger partial charge in [-0.1, -0.05) is 0 Å². The minimum Gasteiger partial charge on any atom is -0.465 e. The third-order valence-electron chi connectivity index (χ3n) is 4.99. The zero-order chi connectivity index (χ0) is 24.0. The van der Waals surface area contributed by atoms with Crippen molar-refractivity contribution in [3.05, 3.63) is 59.7 Å². The molecule has 0 aromatic heterocycles. The van der Waals surface area contributed by atoms with E-state index in [-0.39, 0.29) is 18.9 Å². The fourth-order valence-electron chi connectivity index (χ4n) is 3.27. The van der Waals surface area contributed by atoms with Gasteiger partial charge in [-0.15, -0.1) is 0 Å². The zero-order valence-electron chi connectivity index (χ0n) is 18.0. The molecule has 10 nitrogen and oxygen atoms in total. The van der Waals surface area contributed by atoms with Gasteiger partial charge in [-0.05, 0) is 48.5 Å². The van der Waals surface area contributed by atoms with E-state index in [1.54, 1.807) is 12.1 Å². The Morgan fingerprint density at radius 1 is 0.909 bits per heavy atom. The SMILES string of the molecule is COC(=O)c1ccc(NC(=O)COC(=O)[C@@H]2CC(=O)N(c3ccc(C(=O)OC)cc3)C2)cc1. The van der Waals surface area contributed by atoms with Crippen LogP contribution in [0.1, 0.15) is 27.1 Å². The summed E-state index contributed by atoms with van der Waals surface area (Å²) in [5.74, 6) is -3.19. The van der Waals surface area contributed by atoms with Crippen molar-refractivity contribution >= 4 is 41.1 Å². The lowest BCUT2D eigenvalue weighted by atomic mass is 10.1. The molecule has 1 fully saturated rings. The van der Waals surface area contributed by atoms with E-state index in [1.165, 1.54) is 55.5 Å². The Labute approximate surface area is 189 Å². The van der Waals surface area contributed by atoms with Gasteiger partial charge in [-0.2, -0.15) is 0 Å². The minimum absolute atomic E-state index is 0.0474. The molecule has 33 heavy (non-hydrogen) atoms. The summed E-state index contributed by atoms with van der Waals surface area (Å²) in [4.78, 5) is 61.2. The molecule has 1 saturated heterocycles. The van der Waals surface area contributed by atoms with Gasteiger partial charge in [0.05, 0.1) is 31.3 Å². The summed E-state index contributed by atoms with van der Waals surface area (Å²) in [6, 6.07) is 12.3. The Hall–Kier alpha value is -4.21. The number of esters is 3. The summed E-state index contributed by atoms with van der Waals surface area (Å²) < 4.78 is 14.3. The Kier molecular flexibility index (Phi) is 7.39. The quantitative estimate of drug-likeness (QED) is 0.495. The van der Waals surface area contributed by atoms with Gasteiger partial charge < -0.3 is 24.4 Å². The van der Waals surface area contributed by atoms with E-state index in [0.29, 0.717) is 22.5 Å². The molecule has 0 radical (unpaired) electrons. The standard InChI is InChI=1S/C23H22N2O8/c1-31-21(28)14-3-7-17(8-4-14)24-19(26)13-33-23(30)16-11-20(27)25(12-16)18-9-5-15(6-10-18)22(29)32-2/h3-10,16H,11-13H2,1-2H3,(H,24,26)/t16-/m1/s1. The van der Waals surface area contributed by atoms with Crippen LogP contribution in [0.3, 0.4) is 0 Å². The van der Waals surface area contributed by atoms with E-state index in [9.17, 15) is 24.0 Å². The lowest BCUT2D eigenvalue weighted by Crippen LogP contribution is -2.28.